The third-order valence-corrected chi connectivity index (χ3v) is 3.76. The summed E-state index contributed by atoms with van der Waals surface area (Å²) in [4.78, 5) is 4.26. The Kier molecular flexibility index (Phi) is 3.89. The molecule has 3 nitrogen and oxygen atoms in total. The summed E-state index contributed by atoms with van der Waals surface area (Å²) in [5.74, 6) is 0. The van der Waals surface area contributed by atoms with Crippen LogP contribution in [0.5, 0.6) is 0 Å². The zero-order valence-electron chi connectivity index (χ0n) is 7.91. The number of aromatic nitrogens is 2. The van der Waals surface area contributed by atoms with Crippen molar-refractivity contribution in [3.8, 4) is 0 Å². The lowest BCUT2D eigenvalue weighted by Gasteiger charge is -2.21. The fraction of sp³-hybridized carbons (Fsp3) is 0.778. The minimum absolute atomic E-state index is 0.450. The van der Waals surface area contributed by atoms with Crippen molar-refractivity contribution >= 4 is 27.5 Å². The zero-order chi connectivity index (χ0) is 9.80. The second kappa shape index (κ2) is 5.19. The molecule has 14 heavy (non-hydrogen) atoms. The van der Waals surface area contributed by atoms with Gasteiger partial charge in [-0.1, -0.05) is 0 Å². The molecule has 1 unspecified atom stereocenters. The third kappa shape index (κ3) is 3.00. The highest BCUT2D eigenvalue weighted by Crippen LogP contribution is 2.19. The molecular weight excluding hydrogens is 264 g/mol. The van der Waals surface area contributed by atoms with E-state index in [9.17, 15) is 0 Å². The lowest BCUT2D eigenvalue weighted by molar-refractivity contribution is 0.0115. The molecule has 0 saturated carbocycles. The van der Waals surface area contributed by atoms with Crippen LogP contribution in [0.15, 0.2) is 4.73 Å². The van der Waals surface area contributed by atoms with Gasteiger partial charge in [0, 0.05) is 13.0 Å². The standard InChI is InChI=1S/C9H13BrN2OS/c10-9-11-8(14-12-9)5-4-7-3-1-2-6-13-7/h7H,1-6H2. The van der Waals surface area contributed by atoms with Gasteiger partial charge in [0.05, 0.1) is 6.10 Å². The highest BCUT2D eigenvalue weighted by molar-refractivity contribution is 9.10. The largest absolute Gasteiger partial charge is 0.378 e. The molecule has 1 aromatic heterocycles. The molecule has 0 aromatic carbocycles. The third-order valence-electron chi connectivity index (χ3n) is 2.40. The Labute approximate surface area is 96.2 Å². The molecule has 2 rings (SSSR count). The predicted molar refractivity (Wildman–Crippen MR) is 59.5 cm³/mol. The zero-order valence-corrected chi connectivity index (χ0v) is 10.3. The first kappa shape index (κ1) is 10.5. The van der Waals surface area contributed by atoms with Gasteiger partial charge in [0.1, 0.15) is 5.01 Å². The number of aryl methyl sites for hydroxylation is 1. The number of hydrogen-bond donors (Lipinski definition) is 0. The normalized spacial score (nSPS) is 22.5. The highest BCUT2D eigenvalue weighted by Gasteiger charge is 2.14. The van der Waals surface area contributed by atoms with Gasteiger partial charge in [-0.15, -0.1) is 0 Å². The first-order valence-corrected chi connectivity index (χ1v) is 6.51. The smallest absolute Gasteiger partial charge is 0.209 e. The maximum atomic E-state index is 5.65. The summed E-state index contributed by atoms with van der Waals surface area (Å²) in [6, 6.07) is 0. The van der Waals surface area contributed by atoms with Crippen LogP contribution in [-0.2, 0) is 11.2 Å². The molecule has 5 heteroatoms. The molecular formula is C9H13BrN2OS. The maximum Gasteiger partial charge on any atom is 0.209 e. The van der Waals surface area contributed by atoms with E-state index in [0.29, 0.717) is 10.8 Å². The molecule has 0 spiro atoms. The summed E-state index contributed by atoms with van der Waals surface area (Å²) in [6.07, 6.45) is 6.27. The fourth-order valence-electron chi connectivity index (χ4n) is 1.66. The summed E-state index contributed by atoms with van der Waals surface area (Å²) >= 11 is 4.73. The SMILES string of the molecule is Brc1nsc(CCC2CCCCO2)n1. The van der Waals surface area contributed by atoms with E-state index in [1.54, 1.807) is 0 Å². The average molecular weight is 277 g/mol. The van der Waals surface area contributed by atoms with Crippen LogP contribution in [0.2, 0.25) is 0 Å². The van der Waals surface area contributed by atoms with Crippen LogP contribution < -0.4 is 0 Å². The van der Waals surface area contributed by atoms with Crippen LogP contribution in [0.1, 0.15) is 30.7 Å². The molecule has 1 aliphatic rings. The summed E-state index contributed by atoms with van der Waals surface area (Å²) in [5.41, 5.74) is 0. The van der Waals surface area contributed by atoms with E-state index in [-0.39, 0.29) is 0 Å². The summed E-state index contributed by atoms with van der Waals surface area (Å²) in [6.45, 7) is 0.935. The minimum atomic E-state index is 0.450. The van der Waals surface area contributed by atoms with E-state index in [4.69, 9.17) is 4.74 Å². The van der Waals surface area contributed by atoms with E-state index < -0.39 is 0 Å². The molecule has 0 amide bonds. The lowest BCUT2D eigenvalue weighted by atomic mass is 10.1. The topological polar surface area (TPSA) is 35.0 Å². The van der Waals surface area contributed by atoms with Crippen molar-refractivity contribution < 1.29 is 4.74 Å². The van der Waals surface area contributed by atoms with E-state index >= 15 is 0 Å². The van der Waals surface area contributed by atoms with Crippen molar-refractivity contribution in [1.29, 1.82) is 0 Å². The summed E-state index contributed by atoms with van der Waals surface area (Å²) in [7, 11) is 0. The first-order chi connectivity index (χ1) is 6.84. The highest BCUT2D eigenvalue weighted by atomic mass is 79.9. The van der Waals surface area contributed by atoms with Crippen LogP contribution in [-0.4, -0.2) is 22.1 Å². The van der Waals surface area contributed by atoms with Crippen LogP contribution in [0.4, 0.5) is 0 Å². The number of ether oxygens (including phenoxy) is 1. The predicted octanol–water partition coefficient (Wildman–Crippen LogP) is 2.80. The monoisotopic (exact) mass is 276 g/mol. The Morgan fingerprint density at radius 3 is 3.07 bits per heavy atom. The van der Waals surface area contributed by atoms with Crippen molar-refractivity contribution in [2.45, 2.75) is 38.2 Å². The average Bonchev–Trinajstić information content (AvgIpc) is 2.63. The summed E-state index contributed by atoms with van der Waals surface area (Å²) in [5, 5.41) is 1.10. The molecule has 1 aromatic rings. The first-order valence-electron chi connectivity index (χ1n) is 4.94. The van der Waals surface area contributed by atoms with Gasteiger partial charge in [-0.2, -0.15) is 4.37 Å². The molecule has 0 aliphatic carbocycles. The quantitative estimate of drug-likeness (QED) is 0.852. The van der Waals surface area contributed by atoms with Gasteiger partial charge in [0.15, 0.2) is 0 Å². The van der Waals surface area contributed by atoms with Gasteiger partial charge in [0.2, 0.25) is 4.73 Å². The van der Waals surface area contributed by atoms with Crippen molar-refractivity contribution in [2.75, 3.05) is 6.61 Å². The minimum Gasteiger partial charge on any atom is -0.378 e. The van der Waals surface area contributed by atoms with E-state index in [2.05, 4.69) is 25.3 Å². The fourth-order valence-corrected chi connectivity index (χ4v) is 2.76. The second-order valence-corrected chi connectivity index (χ2v) is 5.03. The van der Waals surface area contributed by atoms with E-state index in [0.717, 1.165) is 24.5 Å². The van der Waals surface area contributed by atoms with E-state index in [1.807, 2.05) is 0 Å². The van der Waals surface area contributed by atoms with Crippen molar-refractivity contribution in [3.05, 3.63) is 9.74 Å². The van der Waals surface area contributed by atoms with Gasteiger partial charge in [-0.05, 0) is 53.1 Å². The van der Waals surface area contributed by atoms with Crippen molar-refractivity contribution in [3.63, 3.8) is 0 Å². The molecule has 0 radical (unpaired) electrons. The molecule has 1 saturated heterocycles. The Morgan fingerprint density at radius 2 is 2.43 bits per heavy atom. The molecule has 0 N–H and O–H groups in total. The van der Waals surface area contributed by atoms with Gasteiger partial charge in [-0.3, -0.25) is 0 Å². The number of nitrogens with zero attached hydrogens (tertiary/aromatic N) is 2. The number of halogens is 1. The molecule has 1 atom stereocenters. The maximum absolute atomic E-state index is 5.65. The Morgan fingerprint density at radius 1 is 1.50 bits per heavy atom. The van der Waals surface area contributed by atoms with Gasteiger partial charge < -0.3 is 4.74 Å². The summed E-state index contributed by atoms with van der Waals surface area (Å²) < 4.78 is 10.4. The Hall–Kier alpha value is -0.0000000000000000278. The van der Waals surface area contributed by atoms with Crippen LogP contribution in [0.3, 0.4) is 0 Å². The van der Waals surface area contributed by atoms with Crippen molar-refractivity contribution in [2.24, 2.45) is 0 Å². The van der Waals surface area contributed by atoms with Crippen LogP contribution >= 0.6 is 27.5 Å². The molecule has 78 valence electrons. The van der Waals surface area contributed by atoms with Crippen LogP contribution in [0.25, 0.3) is 0 Å². The Bertz CT molecular complexity index is 286. The molecule has 0 bridgehead atoms. The van der Waals surface area contributed by atoms with Crippen LogP contribution in [0, 0.1) is 0 Å². The van der Waals surface area contributed by atoms with Crippen molar-refractivity contribution in [1.82, 2.24) is 9.36 Å². The molecule has 1 aliphatic heterocycles. The number of rotatable bonds is 3. The van der Waals surface area contributed by atoms with Gasteiger partial charge >= 0.3 is 0 Å². The van der Waals surface area contributed by atoms with E-state index in [1.165, 1.54) is 30.8 Å². The molecule has 1 fully saturated rings. The van der Waals surface area contributed by atoms with Gasteiger partial charge in [-0.25, -0.2) is 4.98 Å². The molecule has 2 heterocycles. The Balaban J connectivity index is 1.76. The second-order valence-electron chi connectivity index (χ2n) is 3.48. The van der Waals surface area contributed by atoms with Gasteiger partial charge in [0.25, 0.3) is 0 Å². The lowest BCUT2D eigenvalue weighted by Crippen LogP contribution is -2.19. The number of hydrogen-bond acceptors (Lipinski definition) is 4.